The summed E-state index contributed by atoms with van der Waals surface area (Å²) in [6, 6.07) is 11.5. The van der Waals surface area contributed by atoms with E-state index in [9.17, 15) is 4.79 Å². The van der Waals surface area contributed by atoms with Gasteiger partial charge in [-0.05, 0) is 49.2 Å². The second-order valence-electron chi connectivity index (χ2n) is 7.29. The Hall–Kier alpha value is -2.38. The Morgan fingerprint density at radius 1 is 1.17 bits per heavy atom. The van der Waals surface area contributed by atoms with E-state index in [0.29, 0.717) is 34.1 Å². The van der Waals surface area contributed by atoms with Gasteiger partial charge in [-0.15, -0.1) is 0 Å². The van der Waals surface area contributed by atoms with E-state index < -0.39 is 0 Å². The fraction of sp³-hybridized carbons (Fsp3) is 0.333. The molecule has 0 unspecified atom stereocenters. The summed E-state index contributed by atoms with van der Waals surface area (Å²) in [7, 11) is 0. The van der Waals surface area contributed by atoms with Crippen LogP contribution in [0.2, 0.25) is 5.15 Å². The fourth-order valence-electron chi connectivity index (χ4n) is 3.49. The molecule has 2 N–H and O–H groups in total. The van der Waals surface area contributed by atoms with E-state index >= 15 is 0 Å². The van der Waals surface area contributed by atoms with Crippen molar-refractivity contribution in [3.63, 3.8) is 0 Å². The van der Waals surface area contributed by atoms with Gasteiger partial charge in [0.25, 0.3) is 0 Å². The highest BCUT2D eigenvalue weighted by molar-refractivity contribution is 7.99. The largest absolute Gasteiger partial charge is 0.323 e. The molecule has 2 heterocycles. The van der Waals surface area contributed by atoms with Gasteiger partial charge >= 0.3 is 0 Å². The highest BCUT2D eigenvalue weighted by atomic mass is 35.5. The number of nitrogens with zero attached hydrogens (tertiary/aromatic N) is 3. The van der Waals surface area contributed by atoms with Gasteiger partial charge in [0.15, 0.2) is 11.0 Å². The van der Waals surface area contributed by atoms with E-state index in [4.69, 9.17) is 11.6 Å². The minimum absolute atomic E-state index is 0.258. The number of carbonyl (C=O) groups excluding carboxylic acids is 1. The second kappa shape index (κ2) is 8.97. The van der Waals surface area contributed by atoms with E-state index in [2.05, 4.69) is 25.5 Å². The molecule has 8 heteroatoms. The number of benzene rings is 1. The van der Waals surface area contributed by atoms with Gasteiger partial charge < -0.3 is 5.32 Å². The number of Topliss-reactive ketones (excluding diaryl/α,β-unsaturated/α-hetero) is 1. The number of aromatic nitrogens is 4. The van der Waals surface area contributed by atoms with Crippen molar-refractivity contribution in [3.8, 4) is 0 Å². The summed E-state index contributed by atoms with van der Waals surface area (Å²) in [4.78, 5) is 22.2. The van der Waals surface area contributed by atoms with Crippen molar-refractivity contribution < 1.29 is 4.79 Å². The number of ketones is 1. The first-order chi connectivity index (χ1) is 14.0. The lowest BCUT2D eigenvalue weighted by Crippen LogP contribution is -2.13. The molecule has 1 aliphatic carbocycles. The molecule has 4 rings (SSSR count). The number of H-pyrrole nitrogens is 1. The van der Waals surface area contributed by atoms with E-state index in [1.807, 2.05) is 37.3 Å². The monoisotopic (exact) mass is 427 g/mol. The van der Waals surface area contributed by atoms with Crippen LogP contribution in [-0.4, -0.2) is 25.9 Å². The zero-order chi connectivity index (χ0) is 20.2. The molecule has 0 atom stereocenters. The lowest BCUT2D eigenvalue weighted by atomic mass is 9.97. The molecule has 29 heavy (non-hydrogen) atoms. The third-order valence-corrected chi connectivity index (χ3v) is 6.02. The van der Waals surface area contributed by atoms with Crippen molar-refractivity contribution in [3.05, 3.63) is 52.8 Å². The average Bonchev–Trinajstić information content (AvgIpc) is 3.35. The van der Waals surface area contributed by atoms with Crippen LogP contribution in [0.5, 0.6) is 0 Å². The number of hydrogen-bond donors (Lipinski definition) is 2. The van der Waals surface area contributed by atoms with Crippen LogP contribution in [0.15, 0.2) is 46.5 Å². The van der Waals surface area contributed by atoms with Gasteiger partial charge in [-0.25, -0.2) is 9.97 Å². The number of anilines is 2. The Kier molecular flexibility index (Phi) is 6.16. The molecule has 1 aliphatic rings. The van der Waals surface area contributed by atoms with Crippen LogP contribution in [0, 0.1) is 12.8 Å². The molecule has 3 aromatic rings. The van der Waals surface area contributed by atoms with Crippen LogP contribution in [-0.2, 0) is 11.2 Å². The van der Waals surface area contributed by atoms with Crippen LogP contribution < -0.4 is 5.32 Å². The van der Waals surface area contributed by atoms with Crippen molar-refractivity contribution in [1.82, 2.24) is 20.2 Å². The highest BCUT2D eigenvalue weighted by Gasteiger charge is 2.22. The zero-order valence-electron chi connectivity index (χ0n) is 16.1. The summed E-state index contributed by atoms with van der Waals surface area (Å²) in [5.74, 6) is 1.88. The van der Waals surface area contributed by atoms with Crippen molar-refractivity contribution in [2.45, 2.75) is 49.1 Å². The molecule has 0 radical (unpaired) electrons. The molecule has 0 spiro atoms. The maximum Gasteiger partial charge on any atom is 0.195 e. The average molecular weight is 428 g/mol. The molecule has 0 saturated heterocycles. The van der Waals surface area contributed by atoms with Gasteiger partial charge in [0.05, 0.1) is 0 Å². The Bertz CT molecular complexity index is 999. The van der Waals surface area contributed by atoms with Crippen molar-refractivity contribution in [2.24, 2.45) is 5.92 Å². The number of hydrogen-bond acceptors (Lipinski definition) is 6. The van der Waals surface area contributed by atoms with Gasteiger partial charge in [0, 0.05) is 35.1 Å². The van der Waals surface area contributed by atoms with Crippen LogP contribution in [0.3, 0.4) is 0 Å². The normalized spacial score (nSPS) is 14.3. The number of aryl methyl sites for hydroxylation is 1. The van der Waals surface area contributed by atoms with Gasteiger partial charge in [-0.1, -0.05) is 36.6 Å². The van der Waals surface area contributed by atoms with Gasteiger partial charge in [-0.3, -0.25) is 9.89 Å². The molecule has 1 aromatic carbocycles. The zero-order valence-corrected chi connectivity index (χ0v) is 17.7. The third kappa shape index (κ3) is 5.36. The summed E-state index contributed by atoms with van der Waals surface area (Å²) >= 11 is 7.59. The highest BCUT2D eigenvalue weighted by Crippen LogP contribution is 2.29. The molecule has 150 valence electrons. The first kappa shape index (κ1) is 19.9. The SMILES string of the molecule is Cc1cc(Nc2cc(Cl)nc(Sc3ccc(CC(=O)C4CCCC4)cc3)n2)n[nH]1. The fourth-order valence-corrected chi connectivity index (χ4v) is 4.50. The molecule has 1 fully saturated rings. The Morgan fingerprint density at radius 3 is 2.62 bits per heavy atom. The summed E-state index contributed by atoms with van der Waals surface area (Å²) in [6.07, 6.45) is 4.98. The minimum atomic E-state index is 0.258. The number of aromatic amines is 1. The predicted molar refractivity (Wildman–Crippen MR) is 115 cm³/mol. The first-order valence-electron chi connectivity index (χ1n) is 9.68. The number of halogens is 1. The Labute approximate surface area is 178 Å². The maximum absolute atomic E-state index is 12.4. The van der Waals surface area contributed by atoms with Crippen LogP contribution in [0.4, 0.5) is 11.6 Å². The summed E-state index contributed by atoms with van der Waals surface area (Å²) in [5, 5.41) is 11.0. The third-order valence-electron chi connectivity index (χ3n) is 4.96. The molecule has 2 aromatic heterocycles. The molecule has 0 bridgehead atoms. The van der Waals surface area contributed by atoms with E-state index in [0.717, 1.165) is 29.0 Å². The van der Waals surface area contributed by atoms with Crippen molar-refractivity contribution >= 4 is 40.8 Å². The number of carbonyl (C=O) groups is 1. The lowest BCUT2D eigenvalue weighted by Gasteiger charge is -2.09. The van der Waals surface area contributed by atoms with Crippen molar-refractivity contribution in [2.75, 3.05) is 5.32 Å². The van der Waals surface area contributed by atoms with E-state index in [1.54, 1.807) is 6.07 Å². The molecule has 0 aliphatic heterocycles. The van der Waals surface area contributed by atoms with E-state index in [-0.39, 0.29) is 5.92 Å². The van der Waals surface area contributed by atoms with Crippen LogP contribution in [0.1, 0.15) is 36.9 Å². The smallest absolute Gasteiger partial charge is 0.195 e. The molecule has 1 saturated carbocycles. The van der Waals surface area contributed by atoms with E-state index in [1.165, 1.54) is 24.6 Å². The lowest BCUT2D eigenvalue weighted by molar-refractivity contribution is -0.122. The van der Waals surface area contributed by atoms with Crippen LogP contribution in [0.25, 0.3) is 0 Å². The Balaban J connectivity index is 1.41. The second-order valence-corrected chi connectivity index (χ2v) is 8.72. The quantitative estimate of drug-likeness (QED) is 0.390. The standard InChI is InChI=1S/C21H22ClN5OS/c1-13-10-20(27-26-13)24-19-12-18(22)23-21(25-19)29-16-8-6-14(7-9-16)11-17(28)15-4-2-3-5-15/h6-10,12,15H,2-5,11H2,1H3,(H2,23,24,25,26,27). The van der Waals surface area contributed by atoms with Crippen molar-refractivity contribution in [1.29, 1.82) is 0 Å². The molecular formula is C21H22ClN5OS. The Morgan fingerprint density at radius 2 is 1.93 bits per heavy atom. The maximum atomic E-state index is 12.4. The summed E-state index contributed by atoms with van der Waals surface area (Å²) < 4.78 is 0. The summed E-state index contributed by atoms with van der Waals surface area (Å²) in [6.45, 7) is 1.93. The first-order valence-corrected chi connectivity index (χ1v) is 10.9. The van der Waals surface area contributed by atoms with Gasteiger partial charge in [0.2, 0.25) is 0 Å². The van der Waals surface area contributed by atoms with Gasteiger partial charge in [-0.2, -0.15) is 5.10 Å². The molecule has 6 nitrogen and oxygen atoms in total. The predicted octanol–water partition coefficient (Wildman–Crippen LogP) is 5.36. The topological polar surface area (TPSA) is 83.6 Å². The van der Waals surface area contributed by atoms with Crippen LogP contribution >= 0.6 is 23.4 Å². The number of rotatable bonds is 7. The molecule has 0 amide bonds. The van der Waals surface area contributed by atoms with Gasteiger partial charge in [0.1, 0.15) is 16.8 Å². The number of nitrogens with one attached hydrogen (secondary N) is 2. The summed E-state index contributed by atoms with van der Waals surface area (Å²) in [5.41, 5.74) is 2.00. The minimum Gasteiger partial charge on any atom is -0.323 e. The molecular weight excluding hydrogens is 406 g/mol.